The van der Waals surface area contributed by atoms with Crippen LogP contribution in [0.5, 0.6) is 11.5 Å². The average Bonchev–Trinajstić information content (AvgIpc) is 3.56. The Morgan fingerprint density at radius 3 is 1.91 bits per heavy atom. The summed E-state index contributed by atoms with van der Waals surface area (Å²) in [7, 11) is 0. The predicted molar refractivity (Wildman–Crippen MR) is 237 cm³/mol. The highest BCUT2D eigenvalue weighted by Crippen LogP contribution is 2.63. The van der Waals surface area contributed by atoms with Crippen molar-refractivity contribution in [2.45, 2.75) is 87.9 Å². The number of fused-ring (bicyclic) bond motifs is 11. The summed E-state index contributed by atoms with van der Waals surface area (Å²) in [6, 6.07) is 40.8. The Bertz CT molecular complexity index is 2970. The number of benzene rings is 6. The van der Waals surface area contributed by atoms with E-state index >= 15 is 0 Å². The molecule has 8 aliphatic carbocycles. The summed E-state index contributed by atoms with van der Waals surface area (Å²) in [5, 5.41) is 5.66. The van der Waals surface area contributed by atoms with Crippen molar-refractivity contribution in [2.75, 3.05) is 4.81 Å². The summed E-state index contributed by atoms with van der Waals surface area (Å²) in [6.45, 7) is 0.0316. The van der Waals surface area contributed by atoms with Gasteiger partial charge in [0.1, 0.15) is 5.75 Å². The van der Waals surface area contributed by atoms with Crippen LogP contribution in [0.4, 0.5) is 11.4 Å². The van der Waals surface area contributed by atoms with Crippen LogP contribution >= 0.6 is 0 Å². The zero-order valence-corrected chi connectivity index (χ0v) is 33.1. The van der Waals surface area contributed by atoms with E-state index in [0.717, 1.165) is 47.0 Å². The Hall–Kier alpha value is -4.96. The van der Waals surface area contributed by atoms with Crippen LogP contribution in [-0.4, -0.2) is 11.4 Å². The van der Waals surface area contributed by atoms with Crippen molar-refractivity contribution in [1.82, 2.24) is 4.57 Å². The number of anilines is 2. The fourth-order valence-corrected chi connectivity index (χ4v) is 17.0. The fourth-order valence-electron chi connectivity index (χ4n) is 17.0. The van der Waals surface area contributed by atoms with Gasteiger partial charge in [-0.25, -0.2) is 0 Å². The highest BCUT2D eigenvalue weighted by molar-refractivity contribution is 6.94. The summed E-state index contributed by atoms with van der Waals surface area (Å²) in [6.07, 6.45) is 17.2. The van der Waals surface area contributed by atoms with Gasteiger partial charge >= 0.3 is 6.85 Å². The van der Waals surface area contributed by atoms with Crippen molar-refractivity contribution in [3.05, 3.63) is 114 Å². The molecule has 7 aromatic rings. The lowest BCUT2D eigenvalue weighted by molar-refractivity contribution is -0.00526. The van der Waals surface area contributed by atoms with E-state index in [4.69, 9.17) is 4.74 Å². The van der Waals surface area contributed by atoms with E-state index in [0.29, 0.717) is 10.8 Å². The van der Waals surface area contributed by atoms with Gasteiger partial charge in [0, 0.05) is 22.0 Å². The highest BCUT2D eigenvalue weighted by atomic mass is 16.5. The molecule has 6 aromatic carbocycles. The molecule has 8 bridgehead atoms. The van der Waals surface area contributed by atoms with Crippen molar-refractivity contribution in [2.24, 2.45) is 35.5 Å². The molecule has 1 aromatic heterocycles. The molecule has 0 N–H and O–H groups in total. The van der Waals surface area contributed by atoms with E-state index in [9.17, 15) is 0 Å². The Morgan fingerprint density at radius 1 is 0.534 bits per heavy atom. The van der Waals surface area contributed by atoms with Gasteiger partial charge in [-0.2, -0.15) is 0 Å². The van der Waals surface area contributed by atoms with E-state index in [-0.39, 0.29) is 6.85 Å². The lowest BCUT2D eigenvalue weighted by atomic mass is 9.42. The minimum absolute atomic E-state index is 0.0316. The zero-order valence-electron chi connectivity index (χ0n) is 33.1. The van der Waals surface area contributed by atoms with Crippen LogP contribution in [0.3, 0.4) is 0 Å². The third kappa shape index (κ3) is 3.69. The Labute approximate surface area is 340 Å². The first kappa shape index (κ1) is 31.0. The maximum atomic E-state index is 6.84. The number of rotatable bonds is 2. The molecule has 8 fully saturated rings. The maximum absolute atomic E-state index is 6.84. The van der Waals surface area contributed by atoms with Crippen molar-refractivity contribution < 1.29 is 4.74 Å². The van der Waals surface area contributed by atoms with Gasteiger partial charge in [-0.3, -0.25) is 0 Å². The number of aromatic nitrogens is 1. The van der Waals surface area contributed by atoms with Gasteiger partial charge in [0.25, 0.3) is 0 Å². The lowest BCUT2D eigenvalue weighted by Crippen LogP contribution is -2.61. The monoisotopic (exact) mass is 750 g/mol. The third-order valence-corrected chi connectivity index (χ3v) is 18.2. The predicted octanol–water partition coefficient (Wildman–Crippen LogP) is 12.2. The van der Waals surface area contributed by atoms with E-state index in [1.165, 1.54) is 149 Å². The van der Waals surface area contributed by atoms with Crippen LogP contribution in [0, 0.1) is 35.5 Å². The lowest BCUT2D eigenvalue weighted by Gasteiger charge is -2.57. The first-order chi connectivity index (χ1) is 28.6. The zero-order chi connectivity index (χ0) is 37.2. The molecule has 282 valence electrons. The molecule has 58 heavy (non-hydrogen) atoms. The summed E-state index contributed by atoms with van der Waals surface area (Å²) in [5.41, 5.74) is 16.2. The molecule has 0 saturated heterocycles. The normalized spacial score (nSPS) is 32.2. The highest BCUT2D eigenvalue weighted by Gasteiger charge is 2.55. The minimum atomic E-state index is 0.0316. The summed E-state index contributed by atoms with van der Waals surface area (Å²) >= 11 is 0. The van der Waals surface area contributed by atoms with Crippen LogP contribution in [0.2, 0.25) is 0 Å². The van der Waals surface area contributed by atoms with Gasteiger partial charge in [-0.15, -0.1) is 0 Å². The van der Waals surface area contributed by atoms with Gasteiger partial charge in [0.2, 0.25) is 0 Å². The fraction of sp³-hybridized carbons (Fsp3) is 0.370. The van der Waals surface area contributed by atoms with Crippen molar-refractivity contribution in [1.29, 1.82) is 0 Å². The summed E-state index contributed by atoms with van der Waals surface area (Å²) in [4.78, 5) is 2.71. The number of nitrogens with zero attached hydrogens (tertiary/aromatic N) is 2. The molecule has 0 radical (unpaired) electrons. The first-order valence-electron chi connectivity index (χ1n) is 23.0. The second-order valence-electron chi connectivity index (χ2n) is 21.3. The van der Waals surface area contributed by atoms with Crippen LogP contribution in [-0.2, 0) is 10.8 Å². The van der Waals surface area contributed by atoms with Gasteiger partial charge in [-0.1, -0.05) is 60.7 Å². The van der Waals surface area contributed by atoms with E-state index in [1.54, 1.807) is 11.1 Å². The molecule has 8 saturated carbocycles. The van der Waals surface area contributed by atoms with Crippen LogP contribution in [0.15, 0.2) is 103 Å². The quantitative estimate of drug-likeness (QED) is 0.164. The minimum Gasteiger partial charge on any atom is -0.453 e. The molecule has 4 heteroatoms. The van der Waals surface area contributed by atoms with Crippen molar-refractivity contribution in [3.63, 3.8) is 0 Å². The number of ether oxygens (including phenoxy) is 1. The van der Waals surface area contributed by atoms with E-state index < -0.39 is 0 Å². The molecule has 3 nitrogen and oxygen atoms in total. The molecular formula is C54H47BN2O. The standard InChI is InChI=1S/C54H47BN2O/c1-2-7-39-36(6-1)20-46-50-49(39)40-8-5-11-48-52(40)57(45-9-3-4-10-47(45)58-48)55(50)43-23-38(54-27-33-17-34(28-54)19-35(18-33)29-54)22-42-41-21-37(12-13-44(41)56(46)51(42)43)53-24-30-14-31(25-53)16-32(15-30)26-53/h1-13,20-23,30-35H,14-19,24-29H2. The Kier molecular flexibility index (Phi) is 5.48. The second-order valence-corrected chi connectivity index (χ2v) is 21.3. The van der Waals surface area contributed by atoms with Gasteiger partial charge < -0.3 is 14.1 Å². The van der Waals surface area contributed by atoms with Crippen LogP contribution in [0.25, 0.3) is 49.4 Å². The number of hydrogen-bond acceptors (Lipinski definition) is 2. The molecule has 0 unspecified atom stereocenters. The molecule has 18 rings (SSSR count). The van der Waals surface area contributed by atoms with E-state index in [1.807, 2.05) is 0 Å². The topological polar surface area (TPSA) is 17.4 Å². The summed E-state index contributed by atoms with van der Waals surface area (Å²) in [5.74, 6) is 7.42. The maximum Gasteiger partial charge on any atom is 0.333 e. The number of para-hydroxylation sites is 3. The summed E-state index contributed by atoms with van der Waals surface area (Å²) < 4.78 is 9.58. The number of hydrogen-bond donors (Lipinski definition) is 0. The van der Waals surface area contributed by atoms with Crippen molar-refractivity contribution in [3.8, 4) is 28.3 Å². The molecular weight excluding hydrogens is 703 g/mol. The van der Waals surface area contributed by atoms with Crippen LogP contribution < -0.4 is 20.5 Å². The van der Waals surface area contributed by atoms with Crippen molar-refractivity contribution >= 4 is 61.7 Å². The van der Waals surface area contributed by atoms with Gasteiger partial charge in [0.05, 0.1) is 22.4 Å². The molecule has 0 atom stereocenters. The molecule has 4 heterocycles. The third-order valence-electron chi connectivity index (χ3n) is 18.2. The smallest absolute Gasteiger partial charge is 0.333 e. The molecule has 11 aliphatic rings. The molecule has 3 aliphatic heterocycles. The Balaban J connectivity index is 1.05. The SMILES string of the molecule is c1ccc2c(c1)Oc1cccc3c1N2B1c2c(cc4ccccc4c2-3)-n2c3ccc(C45CC6CC(CC(C6)C4)C5)cc3c3cc(C45CC6CC(CC(C6)C4)C5)cc1c32. The van der Waals surface area contributed by atoms with E-state index in [2.05, 4.69) is 113 Å². The molecule has 0 amide bonds. The van der Waals surface area contributed by atoms with Gasteiger partial charge in [-0.05, 0) is 204 Å². The largest absolute Gasteiger partial charge is 0.453 e. The van der Waals surface area contributed by atoms with Gasteiger partial charge in [0.15, 0.2) is 5.75 Å². The molecule has 0 spiro atoms. The Morgan fingerprint density at radius 2 is 1.17 bits per heavy atom. The van der Waals surface area contributed by atoms with Crippen LogP contribution in [0.1, 0.15) is 88.2 Å². The average molecular weight is 751 g/mol. The second kappa shape index (κ2) is 10.2. The first-order valence-corrected chi connectivity index (χ1v) is 23.0.